The second-order valence-corrected chi connectivity index (χ2v) is 8.10. The molecule has 0 saturated carbocycles. The first kappa shape index (κ1) is 18.9. The van der Waals surface area contributed by atoms with Crippen molar-refractivity contribution in [2.45, 2.75) is 25.4 Å². The van der Waals surface area contributed by atoms with E-state index in [-0.39, 0.29) is 0 Å². The zero-order valence-corrected chi connectivity index (χ0v) is 16.8. The van der Waals surface area contributed by atoms with Crippen molar-refractivity contribution in [2.24, 2.45) is 0 Å². The molecule has 0 unspecified atom stereocenters. The molecule has 0 aromatic heterocycles. The molecule has 3 aliphatic heterocycles. The van der Waals surface area contributed by atoms with E-state index >= 15 is 0 Å². The number of hydrogen-bond donors (Lipinski definition) is 5. The fourth-order valence-electron chi connectivity index (χ4n) is 3.78. The van der Waals surface area contributed by atoms with E-state index in [1.807, 2.05) is 18.2 Å². The minimum Gasteiger partial charge on any atom is -0.364 e. The number of hydrogen-bond acceptors (Lipinski definition) is 5. The lowest BCUT2D eigenvalue weighted by Crippen LogP contribution is -2.94. The minimum absolute atomic E-state index is 0.599. The van der Waals surface area contributed by atoms with Gasteiger partial charge in [-0.25, -0.2) is 10.9 Å². The lowest BCUT2D eigenvalue weighted by molar-refractivity contribution is -0.662. The quantitative estimate of drug-likeness (QED) is 0.467. The molecule has 3 aliphatic rings. The summed E-state index contributed by atoms with van der Waals surface area (Å²) in [7, 11) is 0. The van der Waals surface area contributed by atoms with Crippen LogP contribution in [0.15, 0.2) is 41.5 Å². The maximum absolute atomic E-state index is 6.39. The Morgan fingerprint density at radius 2 is 2.04 bits per heavy atom. The van der Waals surface area contributed by atoms with Gasteiger partial charge in [-0.15, -0.1) is 0 Å². The molecule has 1 saturated heterocycles. The minimum atomic E-state index is 0.599. The van der Waals surface area contributed by atoms with Gasteiger partial charge >= 0.3 is 0 Å². The average Bonchev–Trinajstić information content (AvgIpc) is 2.70. The van der Waals surface area contributed by atoms with Gasteiger partial charge in [0.05, 0.1) is 12.2 Å². The van der Waals surface area contributed by atoms with E-state index in [1.165, 1.54) is 24.2 Å². The Labute approximate surface area is 170 Å². The van der Waals surface area contributed by atoms with Gasteiger partial charge in [0.15, 0.2) is 5.82 Å². The van der Waals surface area contributed by atoms with Crippen LogP contribution in [0.4, 0.5) is 0 Å². The van der Waals surface area contributed by atoms with Gasteiger partial charge in [0, 0.05) is 41.8 Å². The van der Waals surface area contributed by atoms with Gasteiger partial charge in [-0.1, -0.05) is 23.2 Å². The van der Waals surface area contributed by atoms with E-state index in [4.69, 9.17) is 23.2 Å². The molecule has 146 valence electrons. The molecular formula is C19H27Cl2N6+. The van der Waals surface area contributed by atoms with Crippen LogP contribution in [0.1, 0.15) is 18.4 Å². The summed E-state index contributed by atoms with van der Waals surface area (Å²) in [4.78, 5) is 2.36. The topological polar surface area (TPSA) is 68.0 Å². The van der Waals surface area contributed by atoms with Crippen LogP contribution in [0.2, 0.25) is 10.0 Å². The molecule has 0 aliphatic carbocycles. The average molecular weight is 410 g/mol. The molecule has 0 amide bonds. The molecule has 0 radical (unpaired) electrons. The fraction of sp³-hybridized carbons (Fsp3) is 0.474. The van der Waals surface area contributed by atoms with Gasteiger partial charge in [0.1, 0.15) is 5.70 Å². The lowest BCUT2D eigenvalue weighted by atomic mass is 10.1. The summed E-state index contributed by atoms with van der Waals surface area (Å²) in [5.41, 5.74) is 9.01. The number of quaternary nitrogens is 1. The largest absolute Gasteiger partial charge is 0.364 e. The molecule has 4 rings (SSSR count). The van der Waals surface area contributed by atoms with Gasteiger partial charge in [0.2, 0.25) is 0 Å². The Bertz CT molecular complexity index is 742. The summed E-state index contributed by atoms with van der Waals surface area (Å²) in [6.45, 7) is 5.65. The summed E-state index contributed by atoms with van der Waals surface area (Å²) in [5, 5.41) is 12.0. The highest BCUT2D eigenvalue weighted by atomic mass is 35.5. The van der Waals surface area contributed by atoms with Crippen LogP contribution in [0.5, 0.6) is 0 Å². The number of allylic oxidation sites excluding steroid dienone is 1. The third-order valence-electron chi connectivity index (χ3n) is 5.31. The first-order valence-electron chi connectivity index (χ1n) is 9.60. The highest BCUT2D eigenvalue weighted by molar-refractivity contribution is 6.33. The third-order valence-corrected chi connectivity index (χ3v) is 5.91. The number of nitrogens with one attached hydrogen (secondary N) is 4. The predicted molar refractivity (Wildman–Crippen MR) is 109 cm³/mol. The zero-order valence-electron chi connectivity index (χ0n) is 15.3. The Hall–Kier alpha value is -1.44. The maximum Gasteiger partial charge on any atom is 0.172 e. The number of benzene rings is 1. The Kier molecular flexibility index (Phi) is 6.10. The molecule has 0 bridgehead atoms. The normalized spacial score (nSPS) is 20.7. The summed E-state index contributed by atoms with van der Waals surface area (Å²) in [5.74, 6) is 1.06. The highest BCUT2D eigenvalue weighted by Crippen LogP contribution is 2.25. The molecule has 27 heavy (non-hydrogen) atoms. The Balaban J connectivity index is 1.46. The van der Waals surface area contributed by atoms with Crippen LogP contribution in [-0.2, 0) is 6.54 Å². The van der Waals surface area contributed by atoms with Crippen molar-refractivity contribution < 1.29 is 5.43 Å². The zero-order chi connectivity index (χ0) is 18.6. The fourth-order valence-corrected chi connectivity index (χ4v) is 4.15. The van der Waals surface area contributed by atoms with E-state index in [1.54, 1.807) is 0 Å². The molecule has 6 nitrogen and oxygen atoms in total. The monoisotopic (exact) mass is 409 g/mol. The third kappa shape index (κ3) is 4.70. The van der Waals surface area contributed by atoms with E-state index < -0.39 is 0 Å². The van der Waals surface area contributed by atoms with Crippen molar-refractivity contribution >= 4 is 23.2 Å². The van der Waals surface area contributed by atoms with Crippen molar-refractivity contribution in [3.63, 3.8) is 0 Å². The number of piperidine rings is 1. The van der Waals surface area contributed by atoms with Crippen molar-refractivity contribution in [3.8, 4) is 0 Å². The van der Waals surface area contributed by atoms with Gasteiger partial charge in [-0.3, -0.25) is 0 Å². The van der Waals surface area contributed by atoms with Gasteiger partial charge in [0.25, 0.3) is 0 Å². The van der Waals surface area contributed by atoms with Gasteiger partial charge in [-0.2, -0.15) is 0 Å². The van der Waals surface area contributed by atoms with Crippen LogP contribution in [0.3, 0.4) is 0 Å². The van der Waals surface area contributed by atoms with E-state index in [0.29, 0.717) is 6.04 Å². The molecule has 6 N–H and O–H groups in total. The number of halogens is 2. The molecule has 1 aromatic rings. The molecule has 1 fully saturated rings. The second kappa shape index (κ2) is 8.71. The number of nitrogens with zero attached hydrogens (tertiary/aromatic N) is 1. The SMILES string of the molecule is Clc1ccc(Cl)c(CN2CCNC3=C2C=C(CNC2CCNCC2)[NH2+]N3)c1. The van der Waals surface area contributed by atoms with Crippen LogP contribution in [0, 0.1) is 0 Å². The van der Waals surface area contributed by atoms with Crippen molar-refractivity contribution in [2.75, 3.05) is 32.7 Å². The molecule has 0 atom stereocenters. The standard InChI is InChI=1S/C19H26Cl2N6/c20-14-1-2-17(21)13(9-14)12-27-8-7-23-19-18(27)10-16(25-26-19)11-24-15-3-5-22-6-4-15/h1-2,9-10,15,22-26H,3-8,11-12H2/p+1. The first-order chi connectivity index (χ1) is 13.2. The summed E-state index contributed by atoms with van der Waals surface area (Å²) >= 11 is 12.6. The van der Waals surface area contributed by atoms with Crippen LogP contribution in [0.25, 0.3) is 0 Å². The summed E-state index contributed by atoms with van der Waals surface area (Å²) < 4.78 is 0. The van der Waals surface area contributed by atoms with Crippen LogP contribution < -0.4 is 26.8 Å². The van der Waals surface area contributed by atoms with Crippen molar-refractivity contribution in [1.29, 1.82) is 0 Å². The molecule has 3 heterocycles. The van der Waals surface area contributed by atoms with Crippen molar-refractivity contribution in [3.05, 3.63) is 57.1 Å². The summed E-state index contributed by atoms with van der Waals surface area (Å²) in [6, 6.07) is 6.25. The molecule has 1 aromatic carbocycles. The Morgan fingerprint density at radius 3 is 2.89 bits per heavy atom. The molecule has 8 heteroatoms. The smallest absolute Gasteiger partial charge is 0.172 e. The molecule has 0 spiro atoms. The molecular weight excluding hydrogens is 383 g/mol. The first-order valence-corrected chi connectivity index (χ1v) is 10.4. The maximum atomic E-state index is 6.39. The summed E-state index contributed by atoms with van der Waals surface area (Å²) in [6.07, 6.45) is 4.65. The Morgan fingerprint density at radius 1 is 1.19 bits per heavy atom. The number of rotatable bonds is 5. The van der Waals surface area contributed by atoms with E-state index in [9.17, 15) is 0 Å². The van der Waals surface area contributed by atoms with Crippen LogP contribution in [-0.4, -0.2) is 43.7 Å². The van der Waals surface area contributed by atoms with E-state index in [0.717, 1.165) is 60.7 Å². The van der Waals surface area contributed by atoms with E-state index in [2.05, 4.69) is 37.8 Å². The lowest BCUT2D eigenvalue weighted by Gasteiger charge is -2.35. The van der Waals surface area contributed by atoms with Gasteiger partial charge < -0.3 is 20.9 Å². The van der Waals surface area contributed by atoms with Crippen molar-refractivity contribution in [1.82, 2.24) is 26.3 Å². The second-order valence-electron chi connectivity index (χ2n) is 7.26. The highest BCUT2D eigenvalue weighted by Gasteiger charge is 2.25. The predicted octanol–water partition coefficient (Wildman–Crippen LogP) is 0.875. The van der Waals surface area contributed by atoms with Crippen LogP contribution >= 0.6 is 23.2 Å². The van der Waals surface area contributed by atoms with Gasteiger partial charge in [-0.05, 0) is 49.7 Å². The number of nitrogens with two attached hydrogens (primary N) is 1.